The Hall–Kier alpha value is -1.73. The molecular formula is C17H18BrNO4S. The number of nitrogens with zero attached hydrogens (tertiary/aromatic N) is 1. The van der Waals surface area contributed by atoms with Crippen molar-refractivity contribution in [1.29, 1.82) is 0 Å². The summed E-state index contributed by atoms with van der Waals surface area (Å²) in [6, 6.07) is 6.29. The fourth-order valence-electron chi connectivity index (χ4n) is 2.09. The van der Waals surface area contributed by atoms with Crippen molar-refractivity contribution in [3.63, 3.8) is 0 Å². The van der Waals surface area contributed by atoms with E-state index in [0.717, 1.165) is 5.56 Å². The van der Waals surface area contributed by atoms with Crippen LogP contribution in [0.5, 0.6) is 0 Å². The molecule has 1 aromatic carbocycles. The zero-order valence-corrected chi connectivity index (χ0v) is 16.2. The second-order valence-corrected chi connectivity index (χ2v) is 8.16. The lowest BCUT2D eigenvalue weighted by Crippen LogP contribution is -2.19. The van der Waals surface area contributed by atoms with Gasteiger partial charge in [-0.1, -0.05) is 36.7 Å². The van der Waals surface area contributed by atoms with E-state index in [4.69, 9.17) is 4.28 Å². The van der Waals surface area contributed by atoms with Gasteiger partial charge in [0, 0.05) is 5.57 Å². The number of halogens is 1. The van der Waals surface area contributed by atoms with Crippen LogP contribution in [0.3, 0.4) is 0 Å². The summed E-state index contributed by atoms with van der Waals surface area (Å²) in [5.41, 5.74) is 2.32. The van der Waals surface area contributed by atoms with E-state index in [2.05, 4.69) is 21.1 Å². The van der Waals surface area contributed by atoms with Gasteiger partial charge in [-0.25, -0.2) is 0 Å². The molecule has 0 spiro atoms. The van der Waals surface area contributed by atoms with E-state index in [1.54, 1.807) is 25.1 Å². The lowest BCUT2D eigenvalue weighted by Gasteiger charge is -2.17. The fraction of sp³-hybridized carbons (Fsp3) is 0.294. The molecule has 0 heterocycles. The second kappa shape index (κ2) is 7.03. The molecular weight excluding hydrogens is 394 g/mol. The van der Waals surface area contributed by atoms with Gasteiger partial charge in [-0.3, -0.25) is 9.08 Å². The predicted molar refractivity (Wildman–Crippen MR) is 96.4 cm³/mol. The number of aryl methyl sites for hydroxylation is 1. The van der Waals surface area contributed by atoms with E-state index in [9.17, 15) is 13.2 Å². The first-order valence-electron chi connectivity index (χ1n) is 7.35. The first-order valence-corrected chi connectivity index (χ1v) is 9.55. The topological polar surface area (TPSA) is 72.8 Å². The highest BCUT2D eigenvalue weighted by molar-refractivity contribution is 9.12. The van der Waals surface area contributed by atoms with Crippen molar-refractivity contribution < 1.29 is 17.5 Å². The Balaban J connectivity index is 2.36. The smallest absolute Gasteiger partial charge is 0.288 e. The van der Waals surface area contributed by atoms with Crippen molar-refractivity contribution in [2.24, 2.45) is 11.1 Å². The Kier molecular flexibility index (Phi) is 5.45. The summed E-state index contributed by atoms with van der Waals surface area (Å²) in [4.78, 5) is 12.2. The molecule has 0 aliphatic heterocycles. The van der Waals surface area contributed by atoms with Gasteiger partial charge in [-0.05, 0) is 59.5 Å². The van der Waals surface area contributed by atoms with Crippen LogP contribution in [0.4, 0.5) is 0 Å². The van der Waals surface area contributed by atoms with Crippen molar-refractivity contribution in [3.05, 3.63) is 51.5 Å². The number of oxime groups is 1. The number of allylic oxidation sites excluding steroid dienone is 4. The molecule has 0 saturated carbocycles. The van der Waals surface area contributed by atoms with Gasteiger partial charge in [-0.15, -0.1) is 0 Å². The van der Waals surface area contributed by atoms with Crippen molar-refractivity contribution in [3.8, 4) is 0 Å². The van der Waals surface area contributed by atoms with Crippen molar-refractivity contribution in [2.75, 3.05) is 0 Å². The molecule has 0 fully saturated rings. The zero-order chi connectivity index (χ0) is 18.1. The van der Waals surface area contributed by atoms with E-state index >= 15 is 0 Å². The number of carbonyl (C=O) groups is 1. The van der Waals surface area contributed by atoms with Crippen LogP contribution in [0.25, 0.3) is 0 Å². The van der Waals surface area contributed by atoms with Crippen LogP contribution in [0.2, 0.25) is 0 Å². The summed E-state index contributed by atoms with van der Waals surface area (Å²) in [7, 11) is -4.01. The van der Waals surface area contributed by atoms with Crippen LogP contribution >= 0.6 is 15.9 Å². The summed E-state index contributed by atoms with van der Waals surface area (Å²) in [6.45, 7) is 7.30. The average Bonchev–Trinajstić information content (AvgIpc) is 2.52. The van der Waals surface area contributed by atoms with Gasteiger partial charge in [0.15, 0.2) is 5.78 Å². The molecule has 0 N–H and O–H groups in total. The van der Waals surface area contributed by atoms with E-state index in [-0.39, 0.29) is 16.6 Å². The Morgan fingerprint density at radius 3 is 2.25 bits per heavy atom. The summed E-state index contributed by atoms with van der Waals surface area (Å²) in [5.74, 6) is -0.139. The maximum atomic E-state index is 12.2. The molecule has 0 bridgehead atoms. The summed E-state index contributed by atoms with van der Waals surface area (Å²) < 4.78 is 29.6. The van der Waals surface area contributed by atoms with Gasteiger partial charge < -0.3 is 0 Å². The normalized spacial score (nSPS) is 17.5. The number of ketones is 1. The second-order valence-electron chi connectivity index (χ2n) is 5.84. The number of carbonyl (C=O) groups excluding carboxylic acids is 1. The average molecular weight is 412 g/mol. The lowest BCUT2D eigenvalue weighted by atomic mass is 9.90. The molecule has 1 aromatic rings. The molecule has 0 atom stereocenters. The fourth-order valence-corrected chi connectivity index (χ4v) is 3.26. The van der Waals surface area contributed by atoms with E-state index in [1.165, 1.54) is 12.1 Å². The number of rotatable bonds is 4. The third kappa shape index (κ3) is 3.84. The highest BCUT2D eigenvalue weighted by Crippen LogP contribution is 2.28. The van der Waals surface area contributed by atoms with Gasteiger partial charge in [0.25, 0.3) is 0 Å². The van der Waals surface area contributed by atoms with Crippen LogP contribution in [0, 0.1) is 12.8 Å². The molecule has 0 aromatic heterocycles. The molecule has 7 heteroatoms. The van der Waals surface area contributed by atoms with Gasteiger partial charge in [0.1, 0.15) is 10.6 Å². The predicted octanol–water partition coefficient (Wildman–Crippen LogP) is 3.89. The third-order valence-electron chi connectivity index (χ3n) is 3.63. The van der Waals surface area contributed by atoms with Crippen LogP contribution in [0.1, 0.15) is 26.3 Å². The van der Waals surface area contributed by atoms with Gasteiger partial charge in [-0.2, -0.15) is 8.42 Å². The van der Waals surface area contributed by atoms with Gasteiger partial charge in [0.05, 0.1) is 4.48 Å². The maximum absolute atomic E-state index is 12.2. The standard InChI is InChI=1S/C17H18BrNO4S/c1-10(2)14-9-15(12(4)16(18)17(14)20)19-23-24(21,22)13-7-5-11(3)6-8-13/h5-10H,1-4H3/b19-15+. The van der Waals surface area contributed by atoms with Crippen molar-refractivity contribution in [2.45, 2.75) is 32.6 Å². The Morgan fingerprint density at radius 1 is 1.12 bits per heavy atom. The minimum atomic E-state index is -4.01. The van der Waals surface area contributed by atoms with Crippen LogP contribution < -0.4 is 0 Å². The summed E-state index contributed by atoms with van der Waals surface area (Å²) >= 11 is 3.24. The largest absolute Gasteiger partial charge is 0.358 e. The van der Waals surface area contributed by atoms with Gasteiger partial charge in [0.2, 0.25) is 0 Å². The summed E-state index contributed by atoms with van der Waals surface area (Å²) in [6.07, 6.45) is 1.57. The first-order chi connectivity index (χ1) is 11.1. The summed E-state index contributed by atoms with van der Waals surface area (Å²) in [5, 5.41) is 3.76. The van der Waals surface area contributed by atoms with E-state index < -0.39 is 10.1 Å². The molecule has 0 saturated heterocycles. The Bertz CT molecular complexity index is 862. The third-order valence-corrected chi connectivity index (χ3v) is 5.71. The molecule has 2 rings (SSSR count). The molecule has 5 nitrogen and oxygen atoms in total. The minimum Gasteiger partial charge on any atom is -0.288 e. The van der Waals surface area contributed by atoms with Crippen molar-refractivity contribution in [1.82, 2.24) is 0 Å². The SMILES string of the molecule is CC1=C(Br)C(=O)C(C(C)C)=C/C1=N\OS(=O)(=O)c1ccc(C)cc1. The first kappa shape index (κ1) is 18.6. The quantitative estimate of drug-likeness (QED) is 0.556. The van der Waals surface area contributed by atoms with Crippen molar-refractivity contribution >= 4 is 37.5 Å². The van der Waals surface area contributed by atoms with E-state index in [0.29, 0.717) is 21.3 Å². The number of Topliss-reactive ketones (excluding diaryl/α,β-unsaturated/α-hetero) is 1. The number of hydrogen-bond acceptors (Lipinski definition) is 5. The molecule has 1 aliphatic carbocycles. The highest BCUT2D eigenvalue weighted by Gasteiger charge is 2.26. The lowest BCUT2D eigenvalue weighted by molar-refractivity contribution is -0.112. The van der Waals surface area contributed by atoms with Crippen LogP contribution in [0.15, 0.2) is 56.0 Å². The Morgan fingerprint density at radius 2 is 1.71 bits per heavy atom. The monoisotopic (exact) mass is 411 g/mol. The molecule has 128 valence electrons. The Labute approximate surface area is 150 Å². The molecule has 0 unspecified atom stereocenters. The molecule has 24 heavy (non-hydrogen) atoms. The zero-order valence-electron chi connectivity index (χ0n) is 13.8. The van der Waals surface area contributed by atoms with Crippen LogP contribution in [-0.4, -0.2) is 19.9 Å². The molecule has 0 amide bonds. The number of benzene rings is 1. The molecule has 1 aliphatic rings. The minimum absolute atomic E-state index is 0.0166. The van der Waals surface area contributed by atoms with E-state index in [1.807, 2.05) is 20.8 Å². The molecule has 0 radical (unpaired) electrons. The highest BCUT2D eigenvalue weighted by atomic mass is 79.9. The van der Waals surface area contributed by atoms with Gasteiger partial charge >= 0.3 is 10.1 Å². The number of hydrogen-bond donors (Lipinski definition) is 0. The van der Waals surface area contributed by atoms with Crippen LogP contribution in [-0.2, 0) is 19.2 Å². The maximum Gasteiger partial charge on any atom is 0.358 e.